The number of halogens is 1. The van der Waals surface area contributed by atoms with E-state index in [-0.39, 0.29) is 11.9 Å². The molecular weight excluding hydrogens is 380 g/mol. The summed E-state index contributed by atoms with van der Waals surface area (Å²) in [7, 11) is 1.64. The highest BCUT2D eigenvalue weighted by Gasteiger charge is 2.10. The zero-order valence-corrected chi connectivity index (χ0v) is 16.5. The fourth-order valence-corrected chi connectivity index (χ4v) is 3.16. The van der Waals surface area contributed by atoms with Gasteiger partial charge in [0, 0.05) is 12.6 Å². The summed E-state index contributed by atoms with van der Waals surface area (Å²) in [5, 5.41) is 6.21. The molecule has 25 heavy (non-hydrogen) atoms. The summed E-state index contributed by atoms with van der Waals surface area (Å²) in [6.45, 7) is 5.06. The molecule has 0 aromatic heterocycles. The van der Waals surface area contributed by atoms with Crippen LogP contribution >= 0.6 is 15.9 Å². The minimum Gasteiger partial charge on any atom is -0.496 e. The summed E-state index contributed by atoms with van der Waals surface area (Å²) in [6, 6.07) is 14.2. The number of amides is 1. The molecule has 5 heteroatoms. The van der Waals surface area contributed by atoms with Crippen LogP contribution in [0.1, 0.15) is 29.7 Å². The summed E-state index contributed by atoms with van der Waals surface area (Å²) in [5.74, 6) is 0.804. The number of hydrogen-bond acceptors (Lipinski definition) is 3. The summed E-state index contributed by atoms with van der Waals surface area (Å²) >= 11 is 3.49. The molecule has 1 unspecified atom stereocenters. The van der Waals surface area contributed by atoms with Crippen molar-refractivity contribution in [3.05, 3.63) is 63.6 Å². The van der Waals surface area contributed by atoms with E-state index in [9.17, 15) is 4.79 Å². The van der Waals surface area contributed by atoms with Crippen LogP contribution in [-0.2, 0) is 11.2 Å². The first-order valence-electron chi connectivity index (χ1n) is 8.39. The molecule has 2 aromatic carbocycles. The molecule has 0 radical (unpaired) electrons. The van der Waals surface area contributed by atoms with Crippen molar-refractivity contribution in [2.24, 2.45) is 0 Å². The molecule has 1 amide bonds. The number of hydrogen-bond donors (Lipinski definition) is 2. The van der Waals surface area contributed by atoms with Gasteiger partial charge in [-0.05, 0) is 65.0 Å². The van der Waals surface area contributed by atoms with Crippen molar-refractivity contribution < 1.29 is 9.53 Å². The Morgan fingerprint density at radius 1 is 1.24 bits per heavy atom. The predicted octanol–water partition coefficient (Wildman–Crippen LogP) is 3.78. The van der Waals surface area contributed by atoms with Crippen LogP contribution in [-0.4, -0.2) is 26.1 Å². The Bertz CT molecular complexity index is 719. The summed E-state index contributed by atoms with van der Waals surface area (Å²) in [5.41, 5.74) is 3.63. The number of benzene rings is 2. The van der Waals surface area contributed by atoms with Gasteiger partial charge in [0.1, 0.15) is 5.75 Å². The molecule has 1 atom stereocenters. The van der Waals surface area contributed by atoms with Crippen LogP contribution in [0.3, 0.4) is 0 Å². The van der Waals surface area contributed by atoms with E-state index in [0.29, 0.717) is 13.1 Å². The lowest BCUT2D eigenvalue weighted by atomic mass is 10.1. The van der Waals surface area contributed by atoms with E-state index in [4.69, 9.17) is 4.74 Å². The van der Waals surface area contributed by atoms with Crippen molar-refractivity contribution in [3.63, 3.8) is 0 Å². The maximum Gasteiger partial charge on any atom is 0.233 e. The molecule has 4 nitrogen and oxygen atoms in total. The summed E-state index contributed by atoms with van der Waals surface area (Å²) in [4.78, 5) is 12.0. The molecule has 134 valence electrons. The second kappa shape index (κ2) is 9.59. The van der Waals surface area contributed by atoms with Crippen molar-refractivity contribution in [1.29, 1.82) is 0 Å². The molecule has 0 saturated heterocycles. The fourth-order valence-electron chi connectivity index (χ4n) is 2.61. The van der Waals surface area contributed by atoms with E-state index in [0.717, 1.165) is 22.2 Å². The first-order chi connectivity index (χ1) is 12.0. The third kappa shape index (κ3) is 5.87. The smallest absolute Gasteiger partial charge is 0.233 e. The number of carbonyl (C=O) groups is 1. The molecule has 0 saturated carbocycles. The van der Waals surface area contributed by atoms with E-state index >= 15 is 0 Å². The van der Waals surface area contributed by atoms with Crippen molar-refractivity contribution in [2.75, 3.05) is 20.2 Å². The zero-order valence-electron chi connectivity index (χ0n) is 14.9. The molecular formula is C20H25BrN2O2. The van der Waals surface area contributed by atoms with E-state index in [1.807, 2.05) is 37.3 Å². The Morgan fingerprint density at radius 3 is 2.68 bits per heavy atom. The van der Waals surface area contributed by atoms with Gasteiger partial charge in [0.05, 0.1) is 18.1 Å². The molecule has 2 N–H and O–H groups in total. The molecule has 0 aliphatic carbocycles. The highest BCUT2D eigenvalue weighted by Crippen LogP contribution is 2.27. The molecule has 0 aliphatic rings. The van der Waals surface area contributed by atoms with Crippen molar-refractivity contribution in [1.82, 2.24) is 10.6 Å². The van der Waals surface area contributed by atoms with Gasteiger partial charge in [-0.1, -0.05) is 30.3 Å². The molecule has 0 bridgehead atoms. The summed E-state index contributed by atoms with van der Waals surface area (Å²) < 4.78 is 6.14. The lowest BCUT2D eigenvalue weighted by Crippen LogP contribution is -2.36. The van der Waals surface area contributed by atoms with Gasteiger partial charge in [0.25, 0.3) is 0 Å². The number of aryl methyl sites for hydroxylation is 1. The number of nitrogens with one attached hydrogen (secondary N) is 2. The zero-order chi connectivity index (χ0) is 18.2. The lowest BCUT2D eigenvalue weighted by molar-refractivity contribution is -0.120. The van der Waals surface area contributed by atoms with Gasteiger partial charge in [0.2, 0.25) is 5.91 Å². The van der Waals surface area contributed by atoms with Crippen molar-refractivity contribution >= 4 is 21.8 Å². The topological polar surface area (TPSA) is 50.4 Å². The fraction of sp³-hybridized carbons (Fsp3) is 0.350. The van der Waals surface area contributed by atoms with Crippen LogP contribution in [0.4, 0.5) is 0 Å². The van der Waals surface area contributed by atoms with Gasteiger partial charge < -0.3 is 15.4 Å². The molecule has 2 aromatic rings. The number of rotatable bonds is 8. The second-order valence-electron chi connectivity index (χ2n) is 6.02. The van der Waals surface area contributed by atoms with Gasteiger partial charge in [-0.3, -0.25) is 4.79 Å². The van der Waals surface area contributed by atoms with Crippen LogP contribution in [0.15, 0.2) is 46.9 Å². The average molecular weight is 405 g/mol. The number of methoxy groups -OCH3 is 1. The Hall–Kier alpha value is -1.85. The standard InChI is InChI=1S/C20H25BrN2O2/c1-14-6-4-5-7-16(14)10-11-22-20(24)13-23-15(2)17-8-9-19(25-3)18(21)12-17/h4-9,12,15,23H,10-11,13H2,1-3H3,(H,22,24). The van der Waals surface area contributed by atoms with Crippen molar-refractivity contribution in [2.45, 2.75) is 26.3 Å². The Morgan fingerprint density at radius 2 is 2.00 bits per heavy atom. The van der Waals surface area contributed by atoms with Crippen LogP contribution in [0.2, 0.25) is 0 Å². The quantitative estimate of drug-likeness (QED) is 0.703. The lowest BCUT2D eigenvalue weighted by Gasteiger charge is -2.15. The monoisotopic (exact) mass is 404 g/mol. The van der Waals surface area contributed by atoms with Gasteiger partial charge in [-0.2, -0.15) is 0 Å². The predicted molar refractivity (Wildman–Crippen MR) is 105 cm³/mol. The van der Waals surface area contributed by atoms with E-state index in [1.54, 1.807) is 7.11 Å². The first-order valence-corrected chi connectivity index (χ1v) is 9.18. The molecule has 0 aliphatic heterocycles. The maximum atomic E-state index is 12.0. The van der Waals surface area contributed by atoms with Gasteiger partial charge >= 0.3 is 0 Å². The largest absolute Gasteiger partial charge is 0.496 e. The van der Waals surface area contributed by atoms with Gasteiger partial charge in [0.15, 0.2) is 0 Å². The van der Waals surface area contributed by atoms with E-state index in [1.165, 1.54) is 11.1 Å². The maximum absolute atomic E-state index is 12.0. The van der Waals surface area contributed by atoms with E-state index < -0.39 is 0 Å². The molecule has 0 heterocycles. The number of carbonyl (C=O) groups excluding carboxylic acids is 1. The third-order valence-corrected chi connectivity index (χ3v) is 4.84. The van der Waals surface area contributed by atoms with Crippen LogP contribution < -0.4 is 15.4 Å². The highest BCUT2D eigenvalue weighted by molar-refractivity contribution is 9.10. The highest BCUT2D eigenvalue weighted by atomic mass is 79.9. The minimum atomic E-state index is 0.00742. The van der Waals surface area contributed by atoms with Gasteiger partial charge in [-0.15, -0.1) is 0 Å². The minimum absolute atomic E-state index is 0.00742. The SMILES string of the molecule is COc1ccc(C(C)NCC(=O)NCCc2ccccc2C)cc1Br. The average Bonchev–Trinajstić information content (AvgIpc) is 2.61. The van der Waals surface area contributed by atoms with Gasteiger partial charge in [-0.25, -0.2) is 0 Å². The van der Waals surface area contributed by atoms with Crippen LogP contribution in [0, 0.1) is 6.92 Å². The second-order valence-corrected chi connectivity index (χ2v) is 6.88. The Balaban J connectivity index is 1.75. The van der Waals surface area contributed by atoms with E-state index in [2.05, 4.69) is 45.6 Å². The third-order valence-electron chi connectivity index (χ3n) is 4.22. The molecule has 2 rings (SSSR count). The van der Waals surface area contributed by atoms with Crippen molar-refractivity contribution in [3.8, 4) is 5.75 Å². The first kappa shape index (κ1) is 19.5. The Labute approximate surface area is 158 Å². The van der Waals surface area contributed by atoms with Crippen LogP contribution in [0.5, 0.6) is 5.75 Å². The van der Waals surface area contributed by atoms with Crippen LogP contribution in [0.25, 0.3) is 0 Å². The molecule has 0 fully saturated rings. The molecule has 0 spiro atoms. The number of ether oxygens (including phenoxy) is 1. The normalized spacial score (nSPS) is 11.8. The summed E-state index contributed by atoms with van der Waals surface area (Å²) in [6.07, 6.45) is 0.847. The Kier molecular flexibility index (Phi) is 7.47.